The Morgan fingerprint density at radius 3 is 2.79 bits per heavy atom. The third-order valence-corrected chi connectivity index (χ3v) is 5.17. The van der Waals surface area contributed by atoms with Crippen LogP contribution in [0, 0.1) is 6.92 Å². The van der Waals surface area contributed by atoms with Crippen molar-refractivity contribution in [2.75, 3.05) is 13.1 Å². The van der Waals surface area contributed by atoms with Crippen LogP contribution in [-0.2, 0) is 6.61 Å². The molecule has 1 unspecified atom stereocenters. The van der Waals surface area contributed by atoms with Gasteiger partial charge in [0.15, 0.2) is 5.58 Å². The van der Waals surface area contributed by atoms with Crippen molar-refractivity contribution in [3.8, 4) is 5.75 Å². The number of furan rings is 1. The van der Waals surface area contributed by atoms with Gasteiger partial charge in [0, 0.05) is 18.0 Å². The molecular formula is C21H19ClF2N2O3. The van der Waals surface area contributed by atoms with Gasteiger partial charge in [-0.2, -0.15) is 0 Å². The van der Waals surface area contributed by atoms with Gasteiger partial charge >= 0.3 is 0 Å². The van der Waals surface area contributed by atoms with Crippen LogP contribution in [0.25, 0.3) is 11.0 Å². The zero-order chi connectivity index (χ0) is 20.6. The van der Waals surface area contributed by atoms with E-state index < -0.39 is 24.4 Å². The smallest absolute Gasteiger partial charge is 0.281 e. The molecule has 2 N–H and O–H groups in total. The van der Waals surface area contributed by atoms with E-state index in [-0.39, 0.29) is 17.1 Å². The van der Waals surface area contributed by atoms with Gasteiger partial charge in [-0.25, -0.2) is 8.78 Å². The van der Waals surface area contributed by atoms with Crippen molar-refractivity contribution in [3.63, 3.8) is 0 Å². The van der Waals surface area contributed by atoms with Crippen LogP contribution in [0.4, 0.5) is 8.78 Å². The number of fused-ring (bicyclic) bond motifs is 1. The molecule has 5 nitrogen and oxygen atoms in total. The third kappa shape index (κ3) is 3.93. The summed E-state index contributed by atoms with van der Waals surface area (Å²) in [4.78, 5) is 12.8. The molecule has 1 aromatic heterocycles. The maximum atomic E-state index is 13.9. The van der Waals surface area contributed by atoms with Gasteiger partial charge in [-0.3, -0.25) is 4.79 Å². The third-order valence-electron chi connectivity index (χ3n) is 4.89. The van der Waals surface area contributed by atoms with E-state index in [9.17, 15) is 13.6 Å². The quantitative estimate of drug-likeness (QED) is 0.645. The van der Waals surface area contributed by atoms with Gasteiger partial charge in [-0.1, -0.05) is 41.9 Å². The van der Waals surface area contributed by atoms with Crippen LogP contribution in [0.3, 0.4) is 0 Å². The van der Waals surface area contributed by atoms with Crippen LogP contribution >= 0.6 is 11.6 Å². The van der Waals surface area contributed by atoms with Crippen LogP contribution < -0.4 is 15.4 Å². The first kappa shape index (κ1) is 19.7. The van der Waals surface area contributed by atoms with Gasteiger partial charge in [0.05, 0.1) is 17.1 Å². The first-order valence-corrected chi connectivity index (χ1v) is 9.52. The summed E-state index contributed by atoms with van der Waals surface area (Å²) in [6.45, 7) is 1.45. The molecule has 0 radical (unpaired) electrons. The lowest BCUT2D eigenvalue weighted by molar-refractivity contribution is -0.00247. The Hall–Kier alpha value is -2.64. The van der Waals surface area contributed by atoms with Crippen molar-refractivity contribution >= 4 is 28.5 Å². The van der Waals surface area contributed by atoms with E-state index in [1.165, 1.54) is 0 Å². The zero-order valence-corrected chi connectivity index (χ0v) is 16.4. The van der Waals surface area contributed by atoms with Gasteiger partial charge in [0.2, 0.25) is 0 Å². The van der Waals surface area contributed by atoms with Crippen LogP contribution in [0.2, 0.25) is 5.02 Å². The van der Waals surface area contributed by atoms with E-state index in [4.69, 9.17) is 20.8 Å². The molecule has 4 rings (SSSR count). The average molecular weight is 421 g/mol. The van der Waals surface area contributed by atoms with Gasteiger partial charge in [-0.15, -0.1) is 0 Å². The second kappa shape index (κ2) is 7.65. The van der Waals surface area contributed by atoms with E-state index in [1.54, 1.807) is 19.1 Å². The predicted octanol–water partition coefficient (Wildman–Crippen LogP) is 4.31. The highest BCUT2D eigenvalue weighted by atomic mass is 35.5. The molecule has 0 spiro atoms. The van der Waals surface area contributed by atoms with E-state index in [2.05, 4.69) is 10.6 Å². The number of benzene rings is 2. The largest absolute Gasteiger partial charge is 0.489 e. The lowest BCUT2D eigenvalue weighted by atomic mass is 10.1. The van der Waals surface area contributed by atoms with Crippen molar-refractivity contribution in [2.45, 2.75) is 25.5 Å². The normalized spacial score (nSPS) is 18.1. The maximum Gasteiger partial charge on any atom is 0.281 e. The van der Waals surface area contributed by atoms with Crippen LogP contribution in [0.15, 0.2) is 46.9 Å². The summed E-state index contributed by atoms with van der Waals surface area (Å²) >= 11 is 6.31. The topological polar surface area (TPSA) is 63.5 Å². The minimum absolute atomic E-state index is 0.000234. The zero-order valence-electron chi connectivity index (χ0n) is 15.6. The van der Waals surface area contributed by atoms with Gasteiger partial charge in [0.1, 0.15) is 24.2 Å². The molecule has 2 heterocycles. The number of alkyl halides is 2. The van der Waals surface area contributed by atoms with E-state index >= 15 is 0 Å². The Labute approximate surface area is 171 Å². The molecule has 1 aliphatic heterocycles. The van der Waals surface area contributed by atoms with Crippen LogP contribution in [0.5, 0.6) is 5.75 Å². The minimum atomic E-state index is -3.01. The molecule has 3 aromatic rings. The summed E-state index contributed by atoms with van der Waals surface area (Å²) in [5.41, 5.74) is 1.47. The Bertz CT molecular complexity index is 1050. The number of ether oxygens (including phenoxy) is 1. The summed E-state index contributed by atoms with van der Waals surface area (Å²) in [7, 11) is 0. The molecule has 1 saturated heterocycles. The number of rotatable bonds is 5. The van der Waals surface area contributed by atoms with Crippen molar-refractivity contribution in [2.24, 2.45) is 0 Å². The SMILES string of the molecule is Cc1oc2c(Cl)cc(OCc3ccccc3)cc2c1C(=O)NC1CNCC1(F)F. The Morgan fingerprint density at radius 2 is 2.10 bits per heavy atom. The van der Waals surface area contributed by atoms with Gasteiger partial charge < -0.3 is 19.8 Å². The predicted molar refractivity (Wildman–Crippen MR) is 106 cm³/mol. The van der Waals surface area contributed by atoms with Gasteiger partial charge in [0.25, 0.3) is 11.8 Å². The van der Waals surface area contributed by atoms with Crippen molar-refractivity contribution in [1.29, 1.82) is 0 Å². The molecule has 1 aliphatic rings. The van der Waals surface area contributed by atoms with E-state index in [1.807, 2.05) is 30.3 Å². The molecule has 0 bridgehead atoms. The molecule has 1 atom stereocenters. The average Bonchev–Trinajstić information content (AvgIpc) is 3.19. The van der Waals surface area contributed by atoms with Gasteiger partial charge in [-0.05, 0) is 18.6 Å². The second-order valence-electron chi connectivity index (χ2n) is 7.01. The monoisotopic (exact) mass is 420 g/mol. The molecule has 0 aliphatic carbocycles. The number of nitrogens with one attached hydrogen (secondary N) is 2. The number of hydrogen-bond donors (Lipinski definition) is 2. The first-order valence-electron chi connectivity index (χ1n) is 9.14. The number of halogens is 3. The highest BCUT2D eigenvalue weighted by molar-refractivity contribution is 6.35. The molecule has 29 heavy (non-hydrogen) atoms. The van der Waals surface area contributed by atoms with Crippen molar-refractivity contribution in [3.05, 3.63) is 64.4 Å². The van der Waals surface area contributed by atoms with Crippen molar-refractivity contribution < 1.29 is 22.7 Å². The Balaban J connectivity index is 1.62. The number of carbonyl (C=O) groups is 1. The lowest BCUT2D eigenvalue weighted by Gasteiger charge is -2.19. The van der Waals surface area contributed by atoms with Crippen LogP contribution in [-0.4, -0.2) is 31.0 Å². The van der Waals surface area contributed by atoms with E-state index in [0.29, 0.717) is 29.1 Å². The molecular weight excluding hydrogens is 402 g/mol. The first-order chi connectivity index (χ1) is 13.8. The van der Waals surface area contributed by atoms with Crippen LogP contribution in [0.1, 0.15) is 21.7 Å². The highest BCUT2D eigenvalue weighted by Gasteiger charge is 2.45. The number of aryl methyl sites for hydroxylation is 1. The standard InChI is InChI=1S/C21H19ClF2N2O3/c1-12-18(20(27)26-17-9-25-11-21(17,23)24)15-7-14(8-16(22)19(15)29-12)28-10-13-5-3-2-4-6-13/h2-8,17,25H,9-11H2,1H3,(H,26,27). The second-order valence-corrected chi connectivity index (χ2v) is 7.41. The highest BCUT2D eigenvalue weighted by Crippen LogP contribution is 2.35. The number of hydrogen-bond acceptors (Lipinski definition) is 4. The molecule has 152 valence electrons. The summed E-state index contributed by atoms with van der Waals surface area (Å²) in [5.74, 6) is -2.89. The molecule has 8 heteroatoms. The fraction of sp³-hybridized carbons (Fsp3) is 0.286. The number of amides is 1. The fourth-order valence-electron chi connectivity index (χ4n) is 3.40. The summed E-state index contributed by atoms with van der Waals surface area (Å²) in [6, 6.07) is 11.5. The summed E-state index contributed by atoms with van der Waals surface area (Å²) in [6.07, 6.45) is 0. The summed E-state index contributed by atoms with van der Waals surface area (Å²) < 4.78 is 39.2. The molecule has 1 amide bonds. The Kier molecular flexibility index (Phi) is 5.19. The fourth-order valence-corrected chi connectivity index (χ4v) is 3.65. The van der Waals surface area contributed by atoms with Crippen molar-refractivity contribution in [1.82, 2.24) is 10.6 Å². The van der Waals surface area contributed by atoms with E-state index in [0.717, 1.165) is 5.56 Å². The number of carbonyl (C=O) groups excluding carboxylic acids is 1. The maximum absolute atomic E-state index is 13.9. The molecule has 1 fully saturated rings. The Morgan fingerprint density at radius 1 is 1.34 bits per heavy atom. The lowest BCUT2D eigenvalue weighted by Crippen LogP contribution is -2.46. The molecule has 2 aromatic carbocycles. The molecule has 0 saturated carbocycles. The summed E-state index contributed by atoms with van der Waals surface area (Å²) in [5, 5.41) is 5.69. The minimum Gasteiger partial charge on any atom is -0.489 e.